The second-order valence-corrected chi connectivity index (χ2v) is 11.2. The molecular weight excluding hydrogens is 492 g/mol. The van der Waals surface area contributed by atoms with E-state index in [1.165, 1.54) is 0 Å². The largest absolute Gasteiger partial charge is 0.494 e. The summed E-state index contributed by atoms with van der Waals surface area (Å²) in [5.41, 5.74) is 0.914. The number of amides is 1. The number of aliphatic hydroxyl groups excluding tert-OH is 1. The van der Waals surface area contributed by atoms with Crippen LogP contribution in [-0.4, -0.2) is 49.8 Å². The topological polar surface area (TPSA) is 114 Å². The third-order valence-corrected chi connectivity index (χ3v) is 8.39. The zero-order valence-corrected chi connectivity index (χ0v) is 21.0. The first-order valence-electron chi connectivity index (χ1n) is 12.2. The van der Waals surface area contributed by atoms with E-state index in [9.17, 15) is 13.2 Å². The van der Waals surface area contributed by atoms with Crippen LogP contribution in [0.15, 0.2) is 88.8 Å². The van der Waals surface area contributed by atoms with E-state index in [0.29, 0.717) is 30.9 Å². The van der Waals surface area contributed by atoms with Crippen molar-refractivity contribution < 1.29 is 27.8 Å². The molecule has 2 atom stereocenters. The number of fused-ring (bicyclic) bond motifs is 3. The van der Waals surface area contributed by atoms with E-state index in [-0.39, 0.29) is 35.5 Å². The number of hydrogen-bond acceptors (Lipinski definition) is 7. The lowest BCUT2D eigenvalue weighted by Gasteiger charge is -2.28. The molecule has 0 saturated heterocycles. The molecule has 2 heterocycles. The zero-order valence-electron chi connectivity index (χ0n) is 20.2. The maximum Gasteiger partial charge on any atom is 0.252 e. The number of hydrogen-bond donors (Lipinski definition) is 2. The van der Waals surface area contributed by atoms with Crippen molar-refractivity contribution >= 4 is 21.6 Å². The molecule has 0 saturated carbocycles. The third kappa shape index (κ3) is 4.97. The van der Waals surface area contributed by atoms with Crippen LogP contribution in [0.4, 0.5) is 0 Å². The van der Waals surface area contributed by atoms with Crippen molar-refractivity contribution in [3.63, 3.8) is 0 Å². The summed E-state index contributed by atoms with van der Waals surface area (Å²) in [5.74, 6) is 0.282. The molecule has 0 radical (unpaired) electrons. The molecule has 0 spiro atoms. The van der Waals surface area contributed by atoms with Crippen molar-refractivity contribution in [3.8, 4) is 5.75 Å². The van der Waals surface area contributed by atoms with Gasteiger partial charge in [0.1, 0.15) is 5.75 Å². The average Bonchev–Trinajstić information content (AvgIpc) is 3.28. The summed E-state index contributed by atoms with van der Waals surface area (Å²) >= 11 is 0. The van der Waals surface area contributed by atoms with Gasteiger partial charge in [-0.25, -0.2) is 13.4 Å². The molecule has 5 rings (SSSR count). The van der Waals surface area contributed by atoms with Crippen molar-refractivity contribution in [1.82, 2.24) is 5.32 Å². The van der Waals surface area contributed by atoms with Crippen molar-refractivity contribution in [2.45, 2.75) is 35.9 Å². The van der Waals surface area contributed by atoms with Crippen molar-refractivity contribution in [3.05, 3.63) is 95.6 Å². The smallest absolute Gasteiger partial charge is 0.252 e. The molecule has 1 amide bonds. The first-order chi connectivity index (χ1) is 17.9. The third-order valence-electron chi connectivity index (χ3n) is 6.66. The lowest BCUT2D eigenvalue weighted by Crippen LogP contribution is -2.47. The molecular formula is C28H28N2O6S. The van der Waals surface area contributed by atoms with Gasteiger partial charge in [-0.05, 0) is 42.0 Å². The highest BCUT2D eigenvalue weighted by molar-refractivity contribution is 7.91. The fourth-order valence-electron chi connectivity index (χ4n) is 4.66. The Morgan fingerprint density at radius 3 is 2.51 bits per heavy atom. The Labute approximate surface area is 215 Å². The Hall–Kier alpha value is -3.69. The Morgan fingerprint density at radius 1 is 1.03 bits per heavy atom. The summed E-state index contributed by atoms with van der Waals surface area (Å²) in [6.07, 6.45) is -0.282. The SMILES string of the molecule is O=C1NCc2ccccc2[C@H]2OC(c3ccc(OCCCO)cc3)=N[C@@]12CCS(=O)(=O)c1ccccc1. The van der Waals surface area contributed by atoms with Crippen LogP contribution in [0.2, 0.25) is 0 Å². The zero-order chi connectivity index (χ0) is 25.9. The van der Waals surface area contributed by atoms with Crippen molar-refractivity contribution in [2.75, 3.05) is 19.0 Å². The van der Waals surface area contributed by atoms with Gasteiger partial charge in [0.25, 0.3) is 5.91 Å². The molecule has 3 aromatic rings. The van der Waals surface area contributed by atoms with Gasteiger partial charge in [0.2, 0.25) is 5.90 Å². The predicted molar refractivity (Wildman–Crippen MR) is 138 cm³/mol. The number of benzene rings is 3. The molecule has 2 aliphatic rings. The highest BCUT2D eigenvalue weighted by Gasteiger charge is 2.55. The molecule has 0 unspecified atom stereocenters. The lowest BCUT2D eigenvalue weighted by atomic mass is 9.85. The average molecular weight is 521 g/mol. The first-order valence-corrected chi connectivity index (χ1v) is 13.8. The number of aliphatic hydroxyl groups is 1. The summed E-state index contributed by atoms with van der Waals surface area (Å²) in [6, 6.07) is 22.9. The van der Waals surface area contributed by atoms with E-state index in [2.05, 4.69) is 5.32 Å². The Kier molecular flexibility index (Phi) is 6.99. The van der Waals surface area contributed by atoms with Gasteiger partial charge in [0.15, 0.2) is 21.5 Å². The van der Waals surface area contributed by atoms with Crippen molar-refractivity contribution in [2.24, 2.45) is 4.99 Å². The van der Waals surface area contributed by atoms with E-state index in [4.69, 9.17) is 19.6 Å². The number of carbonyl (C=O) groups is 1. The van der Waals surface area contributed by atoms with Crippen LogP contribution in [-0.2, 0) is 25.9 Å². The number of aliphatic imine (C=N–C) groups is 1. The maximum absolute atomic E-state index is 13.6. The number of rotatable bonds is 9. The molecule has 0 fully saturated rings. The number of ether oxygens (including phenoxy) is 2. The normalized spacial score (nSPS) is 20.6. The lowest BCUT2D eigenvalue weighted by molar-refractivity contribution is -0.128. The van der Waals surface area contributed by atoms with E-state index in [1.807, 2.05) is 24.3 Å². The van der Waals surface area contributed by atoms with Crippen LogP contribution in [0.5, 0.6) is 5.75 Å². The molecule has 37 heavy (non-hydrogen) atoms. The van der Waals surface area contributed by atoms with Crippen molar-refractivity contribution in [1.29, 1.82) is 0 Å². The van der Waals surface area contributed by atoms with E-state index < -0.39 is 21.5 Å². The Bertz CT molecular complexity index is 1410. The minimum atomic E-state index is -3.65. The number of carbonyl (C=O) groups excluding carboxylic acids is 1. The fourth-order valence-corrected chi connectivity index (χ4v) is 6.05. The van der Waals surface area contributed by atoms with E-state index >= 15 is 0 Å². The molecule has 2 aliphatic heterocycles. The second kappa shape index (κ2) is 10.4. The molecule has 192 valence electrons. The summed E-state index contributed by atoms with van der Waals surface area (Å²) in [4.78, 5) is 18.6. The minimum Gasteiger partial charge on any atom is -0.494 e. The summed E-state index contributed by atoms with van der Waals surface area (Å²) in [6.45, 7) is 0.758. The quantitative estimate of drug-likeness (QED) is 0.419. The minimum absolute atomic E-state index is 0.0408. The molecule has 8 nitrogen and oxygen atoms in total. The number of nitrogens with one attached hydrogen (secondary N) is 1. The first kappa shape index (κ1) is 25.0. The summed E-state index contributed by atoms with van der Waals surface area (Å²) in [7, 11) is -3.65. The fraction of sp³-hybridized carbons (Fsp3) is 0.286. The van der Waals surface area contributed by atoms with Crippen LogP contribution in [0.25, 0.3) is 0 Å². The predicted octanol–water partition coefficient (Wildman–Crippen LogP) is 3.20. The number of nitrogens with zero attached hydrogens (tertiary/aromatic N) is 1. The molecule has 9 heteroatoms. The maximum atomic E-state index is 13.6. The van der Waals surface area contributed by atoms with Gasteiger partial charge in [-0.1, -0.05) is 42.5 Å². The number of sulfone groups is 1. The highest BCUT2D eigenvalue weighted by Crippen LogP contribution is 2.45. The molecule has 3 aromatic carbocycles. The van der Waals surface area contributed by atoms with Gasteiger partial charge in [0.05, 0.1) is 17.3 Å². The van der Waals surface area contributed by atoms with Gasteiger partial charge in [-0.2, -0.15) is 0 Å². The van der Waals surface area contributed by atoms with Crippen LogP contribution >= 0.6 is 0 Å². The second-order valence-electron chi connectivity index (χ2n) is 9.05. The van der Waals surface area contributed by atoms with Crippen LogP contribution in [0.1, 0.15) is 35.6 Å². The van der Waals surface area contributed by atoms with Crippen LogP contribution < -0.4 is 10.1 Å². The van der Waals surface area contributed by atoms with Gasteiger partial charge in [-0.3, -0.25) is 4.79 Å². The molecule has 0 aliphatic carbocycles. The van der Waals surface area contributed by atoms with Gasteiger partial charge >= 0.3 is 0 Å². The van der Waals surface area contributed by atoms with Crippen LogP contribution in [0, 0.1) is 0 Å². The molecule has 0 bridgehead atoms. The van der Waals surface area contributed by atoms with Gasteiger partial charge < -0.3 is 19.9 Å². The summed E-state index contributed by atoms with van der Waals surface area (Å²) in [5, 5.41) is 11.9. The van der Waals surface area contributed by atoms with Crippen LogP contribution in [0.3, 0.4) is 0 Å². The molecule has 0 aromatic heterocycles. The highest BCUT2D eigenvalue weighted by atomic mass is 32.2. The monoisotopic (exact) mass is 520 g/mol. The van der Waals surface area contributed by atoms with E-state index in [0.717, 1.165) is 11.1 Å². The van der Waals surface area contributed by atoms with Gasteiger partial charge in [-0.15, -0.1) is 0 Å². The Balaban J connectivity index is 1.50. The van der Waals surface area contributed by atoms with E-state index in [1.54, 1.807) is 54.6 Å². The van der Waals surface area contributed by atoms with Gasteiger partial charge in [0, 0.05) is 37.1 Å². The standard InChI is InChI=1S/C28H28N2O6S/c31-16-6-17-35-22-13-11-20(12-14-22)26-30-28(15-18-37(33,34)23-8-2-1-3-9-23)25(36-26)24-10-5-4-7-21(24)19-29-27(28)32/h1-5,7-14,25,31H,6,15-19H2,(H,29,32)/t25-,28-/m1/s1. The summed E-state index contributed by atoms with van der Waals surface area (Å²) < 4.78 is 38.3. The molecule has 2 N–H and O–H groups in total. The Morgan fingerprint density at radius 2 is 1.76 bits per heavy atom.